The lowest BCUT2D eigenvalue weighted by Gasteiger charge is -2.48. The van der Waals surface area contributed by atoms with E-state index in [2.05, 4.69) is 78.6 Å². The second kappa shape index (κ2) is 13.1. The molecular weight excluding hydrogens is 415 g/mol. The van der Waals surface area contributed by atoms with Gasteiger partial charge in [-0.1, -0.05) is 18.7 Å². The summed E-state index contributed by atoms with van der Waals surface area (Å²) >= 11 is 1.36. The Morgan fingerprint density at radius 2 is 1.23 bits per heavy atom. The second-order valence-corrected chi connectivity index (χ2v) is 12.9. The van der Waals surface area contributed by atoms with Crippen molar-refractivity contribution < 1.29 is 14.1 Å². The van der Waals surface area contributed by atoms with Crippen LogP contribution in [0.4, 0.5) is 0 Å². The summed E-state index contributed by atoms with van der Waals surface area (Å²) in [6, 6.07) is 1.50. The Bertz CT molecular complexity index is 475. The van der Waals surface area contributed by atoms with Crippen LogP contribution in [0.2, 0.25) is 0 Å². The highest BCUT2D eigenvalue weighted by molar-refractivity contribution is 8.13. The van der Waals surface area contributed by atoms with Gasteiger partial charge in [0.05, 0.1) is 17.8 Å². The molecule has 0 rings (SSSR count). The molecule has 0 amide bonds. The minimum atomic E-state index is -0.974. The summed E-state index contributed by atoms with van der Waals surface area (Å²) in [6.07, 6.45) is 0.556. The summed E-state index contributed by atoms with van der Waals surface area (Å²) in [6.45, 7) is 28.6. The molecule has 0 N–H and O–H groups in total. The summed E-state index contributed by atoms with van der Waals surface area (Å²) in [4.78, 5) is 11.7. The monoisotopic (exact) mass is 464 g/mol. The number of carbonyl (C=O) groups excluding carboxylic acids is 1. The third kappa shape index (κ3) is 10.7. The lowest BCUT2D eigenvalue weighted by atomic mass is 10.1. The topological polar surface area (TPSA) is 42.0 Å². The van der Waals surface area contributed by atoms with Crippen LogP contribution in [0.5, 0.6) is 0 Å². The standard InChI is InChI=1S/C23H49N2O3PS/c1-14-21(26)30-16-23(12,13)27-15-22(10,11)28-29(24(17(2)3)18(4)5)25(19(6)7)20(8)9/h17-20H,14-16H2,1-13H3. The van der Waals surface area contributed by atoms with E-state index in [4.69, 9.17) is 9.26 Å². The van der Waals surface area contributed by atoms with Crippen LogP contribution in [-0.2, 0) is 14.1 Å². The third-order valence-electron chi connectivity index (χ3n) is 4.52. The molecule has 0 spiro atoms. The van der Waals surface area contributed by atoms with Crippen molar-refractivity contribution in [3.05, 3.63) is 0 Å². The van der Waals surface area contributed by atoms with Crippen LogP contribution < -0.4 is 0 Å². The molecule has 0 bridgehead atoms. The van der Waals surface area contributed by atoms with Gasteiger partial charge in [-0.25, -0.2) is 9.34 Å². The molecule has 0 aliphatic heterocycles. The predicted molar refractivity (Wildman–Crippen MR) is 134 cm³/mol. The van der Waals surface area contributed by atoms with E-state index in [-0.39, 0.29) is 10.7 Å². The first kappa shape index (κ1) is 30.3. The minimum Gasteiger partial charge on any atom is -0.372 e. The van der Waals surface area contributed by atoms with E-state index in [9.17, 15) is 4.79 Å². The molecule has 0 radical (unpaired) electrons. The highest BCUT2D eigenvalue weighted by atomic mass is 32.2. The van der Waals surface area contributed by atoms with Crippen LogP contribution >= 0.6 is 20.2 Å². The molecule has 0 heterocycles. The summed E-state index contributed by atoms with van der Waals surface area (Å²) in [5, 5.41) is 0.208. The van der Waals surface area contributed by atoms with E-state index in [1.54, 1.807) is 0 Å². The Morgan fingerprint density at radius 1 is 0.833 bits per heavy atom. The fourth-order valence-corrected chi connectivity index (χ4v) is 6.51. The predicted octanol–water partition coefficient (Wildman–Crippen LogP) is 6.71. The van der Waals surface area contributed by atoms with Crippen LogP contribution in [0.3, 0.4) is 0 Å². The summed E-state index contributed by atoms with van der Waals surface area (Å²) in [5.74, 6) is 0.652. The molecule has 0 aliphatic carbocycles. The summed E-state index contributed by atoms with van der Waals surface area (Å²) in [7, 11) is -0.974. The molecule has 5 nitrogen and oxygen atoms in total. The Hall–Kier alpha value is 0.290. The van der Waals surface area contributed by atoms with Gasteiger partial charge in [0.15, 0.2) is 13.6 Å². The number of rotatable bonds is 14. The second-order valence-electron chi connectivity index (χ2n) is 10.3. The molecule has 0 aromatic heterocycles. The van der Waals surface area contributed by atoms with Crippen molar-refractivity contribution in [3.63, 3.8) is 0 Å². The molecule has 0 aliphatic rings. The van der Waals surface area contributed by atoms with Gasteiger partial charge in [0, 0.05) is 36.3 Å². The number of ether oxygens (including phenoxy) is 1. The normalized spacial score (nSPS) is 13.9. The molecule has 0 saturated carbocycles. The number of nitrogens with zero attached hydrogens (tertiary/aromatic N) is 2. The molecule has 0 saturated heterocycles. The van der Waals surface area contributed by atoms with Crippen molar-refractivity contribution in [2.75, 3.05) is 12.4 Å². The molecule has 0 fully saturated rings. The number of hydrogen-bond acceptors (Lipinski definition) is 6. The molecule has 0 aromatic rings. The minimum absolute atomic E-state index is 0.208. The van der Waals surface area contributed by atoms with Crippen molar-refractivity contribution in [3.8, 4) is 0 Å². The van der Waals surface area contributed by atoms with E-state index < -0.39 is 14.1 Å². The van der Waals surface area contributed by atoms with Crippen LogP contribution in [0.25, 0.3) is 0 Å². The van der Waals surface area contributed by atoms with Gasteiger partial charge in [-0.3, -0.25) is 4.79 Å². The average Bonchev–Trinajstić information content (AvgIpc) is 2.56. The molecule has 0 aromatic carbocycles. The number of carbonyl (C=O) groups is 1. The Kier molecular flexibility index (Phi) is 13.2. The van der Waals surface area contributed by atoms with Gasteiger partial charge >= 0.3 is 0 Å². The molecular formula is C23H49N2O3PS. The van der Waals surface area contributed by atoms with Gasteiger partial charge in [-0.2, -0.15) is 0 Å². The van der Waals surface area contributed by atoms with E-state index >= 15 is 0 Å². The van der Waals surface area contributed by atoms with E-state index in [1.807, 2.05) is 20.8 Å². The maximum Gasteiger partial charge on any atom is 0.189 e. The zero-order valence-corrected chi connectivity index (χ0v) is 23.6. The van der Waals surface area contributed by atoms with Gasteiger partial charge in [-0.15, -0.1) is 0 Å². The molecule has 7 heteroatoms. The summed E-state index contributed by atoms with van der Waals surface area (Å²) in [5.41, 5.74) is -0.836. The lowest BCUT2D eigenvalue weighted by Crippen LogP contribution is -2.46. The van der Waals surface area contributed by atoms with Crippen LogP contribution in [0.15, 0.2) is 0 Å². The highest BCUT2D eigenvalue weighted by Crippen LogP contribution is 2.53. The maximum absolute atomic E-state index is 11.7. The smallest absolute Gasteiger partial charge is 0.189 e. The largest absolute Gasteiger partial charge is 0.372 e. The first-order valence-corrected chi connectivity index (χ1v) is 13.5. The van der Waals surface area contributed by atoms with Crippen molar-refractivity contribution in [2.24, 2.45) is 0 Å². The van der Waals surface area contributed by atoms with E-state index in [0.717, 1.165) is 0 Å². The van der Waals surface area contributed by atoms with Crippen LogP contribution in [0.1, 0.15) is 96.4 Å². The SMILES string of the molecule is CCC(=O)SCC(C)(C)OCC(C)(C)OP(N(C(C)C)C(C)C)N(C(C)C)C(C)C. The van der Waals surface area contributed by atoms with Gasteiger partial charge in [0.2, 0.25) is 0 Å². The Morgan fingerprint density at radius 3 is 1.57 bits per heavy atom. The number of thioether (sulfide) groups is 1. The van der Waals surface area contributed by atoms with Gasteiger partial charge in [-0.05, 0) is 83.1 Å². The zero-order valence-electron chi connectivity index (χ0n) is 21.9. The molecule has 0 atom stereocenters. The van der Waals surface area contributed by atoms with Crippen LogP contribution in [-0.4, -0.2) is 62.2 Å². The number of hydrogen-bond donors (Lipinski definition) is 0. The first-order valence-electron chi connectivity index (χ1n) is 11.4. The average molecular weight is 465 g/mol. The van der Waals surface area contributed by atoms with Gasteiger partial charge in [0.25, 0.3) is 0 Å². The van der Waals surface area contributed by atoms with Gasteiger partial charge < -0.3 is 9.26 Å². The third-order valence-corrected chi connectivity index (χ3v) is 9.27. The molecule has 180 valence electrons. The lowest BCUT2D eigenvalue weighted by molar-refractivity contribution is -0.110. The fourth-order valence-electron chi connectivity index (χ4n) is 3.21. The van der Waals surface area contributed by atoms with Crippen molar-refractivity contribution in [1.29, 1.82) is 0 Å². The first-order chi connectivity index (χ1) is 13.5. The Labute approximate surface area is 192 Å². The van der Waals surface area contributed by atoms with Crippen molar-refractivity contribution in [1.82, 2.24) is 9.34 Å². The van der Waals surface area contributed by atoms with Crippen molar-refractivity contribution in [2.45, 2.75) is 132 Å². The Balaban J connectivity index is 5.51. The zero-order chi connectivity index (χ0) is 23.9. The van der Waals surface area contributed by atoms with E-state index in [1.165, 1.54) is 11.8 Å². The highest BCUT2D eigenvalue weighted by Gasteiger charge is 2.39. The fraction of sp³-hybridized carbons (Fsp3) is 0.957. The summed E-state index contributed by atoms with van der Waals surface area (Å²) < 4.78 is 18.1. The molecule has 0 unspecified atom stereocenters. The van der Waals surface area contributed by atoms with Crippen molar-refractivity contribution >= 4 is 25.3 Å². The quantitative estimate of drug-likeness (QED) is 0.266. The molecule has 30 heavy (non-hydrogen) atoms. The van der Waals surface area contributed by atoms with Crippen LogP contribution in [0, 0.1) is 0 Å². The van der Waals surface area contributed by atoms with Gasteiger partial charge in [0.1, 0.15) is 0 Å². The van der Waals surface area contributed by atoms with E-state index in [0.29, 0.717) is 42.9 Å². The maximum atomic E-state index is 11.7.